The smallest absolute Gasteiger partial charge is 0.245 e. The minimum absolute atomic E-state index is 0.0545. The minimum Gasteiger partial charge on any atom is -0.494 e. The summed E-state index contributed by atoms with van der Waals surface area (Å²) in [6.07, 6.45) is -1.43. The number of carbonyl (C=O) groups excluding carboxylic acids is 6. The summed E-state index contributed by atoms with van der Waals surface area (Å²) in [5, 5.41) is 33.2. The number of hydrogen-bond donors (Lipinski definition) is 8. The number of benzene rings is 1. The Hall–Kier alpha value is -3.54. The third-order valence-electron chi connectivity index (χ3n) is 7.55. The molecule has 1 saturated heterocycles. The van der Waals surface area contributed by atoms with E-state index in [0.717, 1.165) is 5.56 Å². The van der Waals surface area contributed by atoms with Gasteiger partial charge < -0.3 is 47.3 Å². The first-order chi connectivity index (χ1) is 22.8. The molecule has 0 aromatic heterocycles. The molecule has 268 valence electrons. The fourth-order valence-electron chi connectivity index (χ4n) is 4.64. The number of ether oxygens (including phenoxy) is 1. The third kappa shape index (κ3) is 13.5. The van der Waals surface area contributed by atoms with Gasteiger partial charge in [0.05, 0.1) is 31.8 Å². The van der Waals surface area contributed by atoms with Gasteiger partial charge in [-0.15, -0.1) is 0 Å². The van der Waals surface area contributed by atoms with Crippen molar-refractivity contribution >= 4 is 57.0 Å². The van der Waals surface area contributed by atoms with E-state index in [1.807, 2.05) is 13.8 Å². The molecule has 0 bridgehead atoms. The summed E-state index contributed by atoms with van der Waals surface area (Å²) >= 11 is 0. The van der Waals surface area contributed by atoms with E-state index in [9.17, 15) is 39.0 Å². The van der Waals surface area contributed by atoms with Gasteiger partial charge in [0.15, 0.2) is 0 Å². The molecule has 0 aliphatic carbocycles. The van der Waals surface area contributed by atoms with Crippen molar-refractivity contribution in [3.63, 3.8) is 0 Å². The maximum absolute atomic E-state index is 13.7. The van der Waals surface area contributed by atoms with Crippen molar-refractivity contribution in [2.75, 3.05) is 24.7 Å². The van der Waals surface area contributed by atoms with E-state index in [0.29, 0.717) is 24.5 Å². The van der Waals surface area contributed by atoms with Crippen molar-refractivity contribution in [3.8, 4) is 5.75 Å². The van der Waals surface area contributed by atoms with Gasteiger partial charge in [0.2, 0.25) is 35.4 Å². The Kier molecular flexibility index (Phi) is 17.6. The van der Waals surface area contributed by atoms with Crippen LogP contribution < -0.4 is 37.1 Å². The average molecular weight is 713 g/mol. The van der Waals surface area contributed by atoms with Gasteiger partial charge in [-0.25, -0.2) is 0 Å². The lowest BCUT2D eigenvalue weighted by Crippen LogP contribution is -2.62. The first kappa shape index (κ1) is 40.6. The molecular weight excluding hydrogens is 665 g/mol. The van der Waals surface area contributed by atoms with Crippen LogP contribution in [0.3, 0.4) is 0 Å². The van der Waals surface area contributed by atoms with Gasteiger partial charge in [-0.2, -0.15) is 0 Å². The Morgan fingerprint density at radius 1 is 0.896 bits per heavy atom. The number of nitrogens with one attached hydrogen (secondary N) is 5. The SMILES string of the molecule is CCOc1ccc(C[C@H]2NC(=O)CCSSC[C@@H](CO)NC(=O)[C@H](CC(N)=O)NC(=O)[C@H]([C@@H](C)O)NC(=O)[C@H]([C@@H](C)CC)NC2=O)cc1. The standard InChI is InChI=1S/C31H48N6O9S2/c1-5-17(3)26-30(44)37-27(18(4)39)31(45)35-23(14-24(32)40)28(42)33-20(15-38)16-48-47-12-11-25(41)34-22(29(43)36-26)13-19-7-9-21(10-8-19)46-6-2/h7-10,17-18,20,22-23,26-27,38-39H,5-6,11-16H2,1-4H3,(H2,32,40)(H,33,42)(H,34,41)(H,35,45)(H,36,43)(H,37,44)/t17-,18+,20+,22+,23-,26-,27-/m0/s1. The van der Waals surface area contributed by atoms with E-state index in [-0.39, 0.29) is 18.6 Å². The molecule has 2 rings (SSSR count). The quantitative estimate of drug-likeness (QED) is 0.139. The van der Waals surface area contributed by atoms with Crippen LogP contribution in [0, 0.1) is 5.92 Å². The van der Waals surface area contributed by atoms with E-state index in [1.54, 1.807) is 31.2 Å². The number of nitrogens with two attached hydrogens (primary N) is 1. The summed E-state index contributed by atoms with van der Waals surface area (Å²) in [5.41, 5.74) is 6.05. The zero-order valence-electron chi connectivity index (χ0n) is 27.7. The second kappa shape index (κ2) is 20.7. The molecule has 0 unspecified atom stereocenters. The lowest BCUT2D eigenvalue weighted by atomic mass is 9.96. The highest BCUT2D eigenvalue weighted by Crippen LogP contribution is 2.23. The number of aliphatic hydroxyl groups excluding tert-OH is 2. The molecule has 1 fully saturated rings. The molecule has 0 saturated carbocycles. The molecular formula is C31H48N6O9S2. The first-order valence-electron chi connectivity index (χ1n) is 15.8. The van der Waals surface area contributed by atoms with Crippen LogP contribution in [0.5, 0.6) is 5.75 Å². The second-order valence-corrected chi connectivity index (χ2v) is 14.1. The number of aliphatic hydroxyl groups is 2. The molecule has 15 nitrogen and oxygen atoms in total. The van der Waals surface area contributed by atoms with Crippen molar-refractivity contribution in [2.45, 2.75) is 89.7 Å². The van der Waals surface area contributed by atoms with E-state index in [2.05, 4.69) is 26.6 Å². The van der Waals surface area contributed by atoms with Gasteiger partial charge in [-0.3, -0.25) is 28.8 Å². The summed E-state index contributed by atoms with van der Waals surface area (Å²) in [5.74, 6) is -3.73. The Morgan fingerprint density at radius 2 is 1.52 bits per heavy atom. The molecule has 1 aromatic carbocycles. The fraction of sp³-hybridized carbons (Fsp3) is 0.613. The Bertz CT molecular complexity index is 1250. The van der Waals surface area contributed by atoms with Crippen LogP contribution in [0.2, 0.25) is 0 Å². The summed E-state index contributed by atoms with van der Waals surface area (Å²) in [7, 11) is 2.60. The molecule has 0 radical (unpaired) electrons. The number of carbonyl (C=O) groups is 6. The van der Waals surface area contributed by atoms with Crippen molar-refractivity contribution < 1.29 is 43.7 Å². The predicted octanol–water partition coefficient (Wildman–Crippen LogP) is -0.868. The maximum atomic E-state index is 13.7. The van der Waals surface area contributed by atoms with Gasteiger partial charge >= 0.3 is 0 Å². The first-order valence-corrected chi connectivity index (χ1v) is 18.3. The van der Waals surface area contributed by atoms with Crippen LogP contribution in [0.1, 0.15) is 52.5 Å². The van der Waals surface area contributed by atoms with Crippen molar-refractivity contribution in [1.29, 1.82) is 0 Å². The number of primary amides is 1. The number of rotatable bonds is 10. The fourth-order valence-corrected chi connectivity index (χ4v) is 6.86. The van der Waals surface area contributed by atoms with Crippen molar-refractivity contribution in [3.05, 3.63) is 29.8 Å². The lowest BCUT2D eigenvalue weighted by molar-refractivity contribution is -0.137. The molecule has 6 amide bonds. The highest BCUT2D eigenvalue weighted by Gasteiger charge is 2.36. The number of amides is 6. The number of hydrogen-bond acceptors (Lipinski definition) is 11. The Balaban J connectivity index is 2.45. The van der Waals surface area contributed by atoms with Crippen molar-refractivity contribution in [2.24, 2.45) is 11.7 Å². The molecule has 1 heterocycles. The Morgan fingerprint density at radius 3 is 2.10 bits per heavy atom. The topological polar surface area (TPSA) is 238 Å². The second-order valence-electron chi connectivity index (χ2n) is 11.5. The van der Waals surface area contributed by atoms with Gasteiger partial charge in [0.1, 0.15) is 29.9 Å². The summed E-state index contributed by atoms with van der Waals surface area (Å²) in [4.78, 5) is 78.5. The molecule has 48 heavy (non-hydrogen) atoms. The van der Waals surface area contributed by atoms with E-state index in [4.69, 9.17) is 10.5 Å². The Labute approximate surface area is 288 Å². The summed E-state index contributed by atoms with van der Waals surface area (Å²) < 4.78 is 5.49. The molecule has 1 aliphatic rings. The molecule has 7 atom stereocenters. The minimum atomic E-state index is -1.59. The van der Waals surface area contributed by atoms with Crippen LogP contribution >= 0.6 is 21.6 Å². The maximum Gasteiger partial charge on any atom is 0.245 e. The average Bonchev–Trinajstić information content (AvgIpc) is 3.04. The van der Waals surface area contributed by atoms with Gasteiger partial charge in [-0.05, 0) is 37.5 Å². The van der Waals surface area contributed by atoms with Crippen LogP contribution in [0.25, 0.3) is 0 Å². The summed E-state index contributed by atoms with van der Waals surface area (Å²) in [6, 6.07) is 1.00. The molecule has 0 spiro atoms. The van der Waals surface area contributed by atoms with E-state index >= 15 is 0 Å². The zero-order chi connectivity index (χ0) is 35.8. The van der Waals surface area contributed by atoms with Crippen LogP contribution in [0.4, 0.5) is 0 Å². The third-order valence-corrected chi connectivity index (χ3v) is 10.0. The highest BCUT2D eigenvalue weighted by atomic mass is 33.1. The normalized spacial score (nSPS) is 25.3. The highest BCUT2D eigenvalue weighted by molar-refractivity contribution is 8.76. The molecule has 1 aliphatic heterocycles. The van der Waals surface area contributed by atoms with Gasteiger partial charge in [0.25, 0.3) is 0 Å². The molecule has 9 N–H and O–H groups in total. The molecule has 1 aromatic rings. The van der Waals surface area contributed by atoms with Crippen LogP contribution in [-0.4, -0.2) is 107 Å². The largest absolute Gasteiger partial charge is 0.494 e. The zero-order valence-corrected chi connectivity index (χ0v) is 29.3. The van der Waals surface area contributed by atoms with Crippen LogP contribution in [-0.2, 0) is 35.2 Å². The lowest BCUT2D eigenvalue weighted by Gasteiger charge is -2.30. The molecule has 17 heteroatoms. The monoisotopic (exact) mass is 712 g/mol. The van der Waals surface area contributed by atoms with Gasteiger partial charge in [0, 0.05) is 24.3 Å². The summed E-state index contributed by atoms with van der Waals surface area (Å²) in [6.45, 7) is 6.67. The van der Waals surface area contributed by atoms with Crippen molar-refractivity contribution in [1.82, 2.24) is 26.6 Å². The van der Waals surface area contributed by atoms with Crippen LogP contribution in [0.15, 0.2) is 24.3 Å². The van der Waals surface area contributed by atoms with E-state index < -0.39 is 90.7 Å². The van der Waals surface area contributed by atoms with E-state index in [1.165, 1.54) is 28.5 Å². The van der Waals surface area contributed by atoms with Gasteiger partial charge in [-0.1, -0.05) is 54.0 Å². The predicted molar refractivity (Wildman–Crippen MR) is 183 cm³/mol.